The zero-order chi connectivity index (χ0) is 11.4. The van der Waals surface area contributed by atoms with Crippen molar-refractivity contribution in [2.45, 2.75) is 13.5 Å². The van der Waals surface area contributed by atoms with E-state index in [2.05, 4.69) is 28.2 Å². The lowest BCUT2D eigenvalue weighted by atomic mass is 10.2. The Bertz CT molecular complexity index is 453. The van der Waals surface area contributed by atoms with Gasteiger partial charge in [0.05, 0.1) is 6.54 Å². The lowest BCUT2D eigenvalue weighted by Crippen LogP contribution is -3.00. The molecule has 0 bridgehead atoms. The molecule has 1 N–H and O–H groups in total. The molecule has 0 amide bonds. The van der Waals surface area contributed by atoms with Crippen LogP contribution in [0.3, 0.4) is 0 Å². The van der Waals surface area contributed by atoms with Gasteiger partial charge >= 0.3 is 0 Å². The van der Waals surface area contributed by atoms with E-state index in [1.54, 1.807) is 0 Å². The lowest BCUT2D eigenvalue weighted by molar-refractivity contribution is -0.00000374. The van der Waals surface area contributed by atoms with Crippen molar-refractivity contribution in [2.24, 2.45) is 0 Å². The highest BCUT2D eigenvalue weighted by molar-refractivity contribution is 9.10. The molecule has 17 heavy (non-hydrogen) atoms. The van der Waals surface area contributed by atoms with Gasteiger partial charge in [-0.05, 0) is 30.8 Å². The summed E-state index contributed by atoms with van der Waals surface area (Å²) in [4.78, 5) is 0. The minimum absolute atomic E-state index is 0. The van der Waals surface area contributed by atoms with E-state index in [9.17, 15) is 0 Å². The highest BCUT2D eigenvalue weighted by Crippen LogP contribution is 2.23. The third-order valence-electron chi connectivity index (χ3n) is 2.34. The summed E-state index contributed by atoms with van der Waals surface area (Å²) in [5.41, 5.74) is 1.10. The maximum Gasteiger partial charge on any atom is 0.134 e. The van der Waals surface area contributed by atoms with Gasteiger partial charge in [0, 0.05) is 10.0 Å². The summed E-state index contributed by atoms with van der Waals surface area (Å²) in [5.74, 6) is 1.89. The summed E-state index contributed by atoms with van der Waals surface area (Å²) in [6, 6.07) is 12.1. The van der Waals surface area contributed by atoms with E-state index in [1.807, 2.05) is 36.4 Å². The highest BCUT2D eigenvalue weighted by atomic mass is 79.9. The van der Waals surface area contributed by atoms with Gasteiger partial charge in [0.15, 0.2) is 0 Å². The Balaban J connectivity index is 0.00000144. The van der Waals surface area contributed by atoms with Crippen molar-refractivity contribution in [3.8, 4) is 11.3 Å². The van der Waals surface area contributed by atoms with Crippen molar-refractivity contribution in [1.82, 2.24) is 5.32 Å². The van der Waals surface area contributed by atoms with Crippen molar-refractivity contribution in [3.63, 3.8) is 0 Å². The Hall–Kier alpha value is -0.770. The zero-order valence-corrected chi connectivity index (χ0v) is 11.9. The molecule has 2 nitrogen and oxygen atoms in total. The first-order valence-corrected chi connectivity index (χ1v) is 6.14. The van der Waals surface area contributed by atoms with Crippen LogP contribution in [0.15, 0.2) is 45.3 Å². The molecule has 0 aliphatic heterocycles. The Morgan fingerprint density at radius 1 is 1.12 bits per heavy atom. The van der Waals surface area contributed by atoms with Gasteiger partial charge in [0.2, 0.25) is 0 Å². The van der Waals surface area contributed by atoms with E-state index < -0.39 is 0 Å². The molecule has 0 saturated heterocycles. The fourth-order valence-corrected chi connectivity index (χ4v) is 1.75. The fraction of sp³-hybridized carbons (Fsp3) is 0.231. The molecular weight excluding hydrogens is 302 g/mol. The maximum atomic E-state index is 5.73. The Morgan fingerprint density at radius 2 is 1.82 bits per heavy atom. The molecule has 0 aliphatic rings. The predicted octanol–water partition coefficient (Wildman–Crippen LogP) is 0.823. The van der Waals surface area contributed by atoms with E-state index >= 15 is 0 Å². The van der Waals surface area contributed by atoms with Crippen LogP contribution >= 0.6 is 15.9 Å². The largest absolute Gasteiger partial charge is 1.00 e. The van der Waals surface area contributed by atoms with E-state index in [0.29, 0.717) is 0 Å². The minimum atomic E-state index is 0. The van der Waals surface area contributed by atoms with Gasteiger partial charge in [-0.3, -0.25) is 0 Å². The topological polar surface area (TPSA) is 25.2 Å². The van der Waals surface area contributed by atoms with Crippen LogP contribution in [0.2, 0.25) is 0 Å². The van der Waals surface area contributed by atoms with Crippen molar-refractivity contribution in [3.05, 3.63) is 46.6 Å². The molecule has 92 valence electrons. The monoisotopic (exact) mass is 314 g/mol. The zero-order valence-electron chi connectivity index (χ0n) is 9.54. The SMILES string of the molecule is CCNCc1ccc(-c2ccc(Br)cc2)o1.[Cl-]. The quantitative estimate of drug-likeness (QED) is 0.904. The number of benzene rings is 1. The van der Waals surface area contributed by atoms with Crippen molar-refractivity contribution >= 4 is 15.9 Å². The first kappa shape index (κ1) is 14.3. The average molecular weight is 316 g/mol. The Labute approximate surface area is 116 Å². The predicted molar refractivity (Wildman–Crippen MR) is 69.2 cm³/mol. The smallest absolute Gasteiger partial charge is 0.134 e. The second kappa shape index (κ2) is 6.84. The van der Waals surface area contributed by atoms with Crippen LogP contribution in [-0.2, 0) is 6.54 Å². The summed E-state index contributed by atoms with van der Waals surface area (Å²) in [7, 11) is 0. The van der Waals surface area contributed by atoms with E-state index in [-0.39, 0.29) is 12.4 Å². The lowest BCUT2D eigenvalue weighted by Gasteiger charge is -1.98. The number of hydrogen-bond acceptors (Lipinski definition) is 2. The molecular formula is C13H14BrClNO-. The second-order valence-corrected chi connectivity index (χ2v) is 4.47. The van der Waals surface area contributed by atoms with Gasteiger partial charge in [0.25, 0.3) is 0 Å². The molecule has 0 spiro atoms. The molecule has 2 rings (SSSR count). The van der Waals surface area contributed by atoms with E-state index in [1.165, 1.54) is 0 Å². The van der Waals surface area contributed by atoms with Crippen LogP contribution in [-0.4, -0.2) is 6.54 Å². The molecule has 4 heteroatoms. The average Bonchev–Trinajstić information content (AvgIpc) is 2.76. The molecule has 0 fully saturated rings. The number of furan rings is 1. The van der Waals surface area contributed by atoms with Gasteiger partial charge < -0.3 is 22.1 Å². The summed E-state index contributed by atoms with van der Waals surface area (Å²) < 4.78 is 6.81. The fourth-order valence-electron chi connectivity index (χ4n) is 1.49. The maximum absolute atomic E-state index is 5.73. The third kappa shape index (κ3) is 3.87. The van der Waals surface area contributed by atoms with E-state index in [0.717, 1.165) is 34.6 Å². The Morgan fingerprint density at radius 3 is 2.47 bits per heavy atom. The van der Waals surface area contributed by atoms with Gasteiger partial charge in [-0.15, -0.1) is 0 Å². The molecule has 1 aromatic heterocycles. The molecule has 1 aromatic carbocycles. The molecule has 2 aromatic rings. The van der Waals surface area contributed by atoms with Crippen molar-refractivity contribution in [1.29, 1.82) is 0 Å². The number of nitrogens with one attached hydrogen (secondary N) is 1. The molecule has 0 aliphatic carbocycles. The summed E-state index contributed by atoms with van der Waals surface area (Å²) in [6.07, 6.45) is 0. The van der Waals surface area contributed by atoms with Crippen molar-refractivity contribution < 1.29 is 16.8 Å². The van der Waals surface area contributed by atoms with Gasteiger partial charge in [-0.25, -0.2) is 0 Å². The van der Waals surface area contributed by atoms with Gasteiger partial charge in [-0.2, -0.15) is 0 Å². The van der Waals surface area contributed by atoms with Crippen LogP contribution in [0.25, 0.3) is 11.3 Å². The highest BCUT2D eigenvalue weighted by Gasteiger charge is 2.03. The number of hydrogen-bond donors (Lipinski definition) is 1. The first-order chi connectivity index (χ1) is 7.79. The summed E-state index contributed by atoms with van der Waals surface area (Å²) >= 11 is 3.42. The van der Waals surface area contributed by atoms with Gasteiger partial charge in [-0.1, -0.05) is 35.0 Å². The van der Waals surface area contributed by atoms with Crippen LogP contribution in [0.1, 0.15) is 12.7 Å². The summed E-state index contributed by atoms with van der Waals surface area (Å²) in [6.45, 7) is 3.82. The standard InChI is InChI=1S/C13H14BrNO.ClH/c1-2-15-9-12-7-8-13(16-12)10-3-5-11(14)6-4-10;/h3-8,15H,2,9H2,1H3;1H/p-1. The van der Waals surface area contributed by atoms with Crippen LogP contribution in [0.4, 0.5) is 0 Å². The summed E-state index contributed by atoms with van der Waals surface area (Å²) in [5, 5.41) is 3.24. The first-order valence-electron chi connectivity index (χ1n) is 5.35. The third-order valence-corrected chi connectivity index (χ3v) is 2.87. The number of halogens is 2. The normalized spacial score (nSPS) is 10.0. The molecule has 0 radical (unpaired) electrons. The van der Waals surface area contributed by atoms with E-state index in [4.69, 9.17) is 4.42 Å². The van der Waals surface area contributed by atoms with Crippen LogP contribution < -0.4 is 17.7 Å². The van der Waals surface area contributed by atoms with Crippen molar-refractivity contribution in [2.75, 3.05) is 6.54 Å². The second-order valence-electron chi connectivity index (χ2n) is 3.55. The molecule has 1 heterocycles. The molecule has 0 unspecified atom stereocenters. The minimum Gasteiger partial charge on any atom is -1.00 e. The molecule has 0 atom stereocenters. The number of rotatable bonds is 4. The van der Waals surface area contributed by atoms with Gasteiger partial charge in [0.1, 0.15) is 11.5 Å². The Kier molecular flexibility index (Phi) is 5.75. The molecule has 0 saturated carbocycles. The van der Waals surface area contributed by atoms with Crippen LogP contribution in [0.5, 0.6) is 0 Å². The van der Waals surface area contributed by atoms with Crippen LogP contribution in [0, 0.1) is 0 Å².